The highest BCUT2D eigenvalue weighted by molar-refractivity contribution is 8.00. The van der Waals surface area contributed by atoms with E-state index < -0.39 is 0 Å². The summed E-state index contributed by atoms with van der Waals surface area (Å²) in [5.41, 5.74) is 0.122. The van der Waals surface area contributed by atoms with Gasteiger partial charge in [-0.05, 0) is 37.3 Å². The summed E-state index contributed by atoms with van der Waals surface area (Å²) < 4.78 is 0.111. The Morgan fingerprint density at radius 3 is 2.65 bits per heavy atom. The van der Waals surface area contributed by atoms with E-state index in [2.05, 4.69) is 11.6 Å². The van der Waals surface area contributed by atoms with Gasteiger partial charge in [0.25, 0.3) is 5.91 Å². The third-order valence-corrected chi connectivity index (χ3v) is 5.41. The Kier molecular flexibility index (Phi) is 4.81. The van der Waals surface area contributed by atoms with Gasteiger partial charge >= 0.3 is 0 Å². The minimum Gasteiger partial charge on any atom is -0.508 e. The number of hydrogen-bond acceptors (Lipinski definition) is 4. The maximum Gasteiger partial charge on any atom is 0.255 e. The van der Waals surface area contributed by atoms with Crippen LogP contribution in [0.25, 0.3) is 0 Å². The first-order valence-corrected chi connectivity index (χ1v) is 8.14. The van der Waals surface area contributed by atoms with Crippen LogP contribution in [0.15, 0.2) is 18.2 Å². The van der Waals surface area contributed by atoms with Crippen molar-refractivity contribution in [2.45, 2.75) is 36.9 Å². The molecule has 1 aliphatic rings. The summed E-state index contributed by atoms with van der Waals surface area (Å²) in [6.45, 7) is 0.599. The second-order valence-electron chi connectivity index (χ2n) is 5.33. The average Bonchev–Trinajstić information content (AvgIpc) is 2.48. The fourth-order valence-electron chi connectivity index (χ4n) is 2.69. The van der Waals surface area contributed by atoms with Gasteiger partial charge in [0.05, 0.1) is 5.56 Å². The molecule has 0 unspecified atom stereocenters. The Bertz CT molecular complexity index is 484. The van der Waals surface area contributed by atoms with Crippen LogP contribution in [0.3, 0.4) is 0 Å². The van der Waals surface area contributed by atoms with E-state index in [4.69, 9.17) is 0 Å². The molecule has 1 amide bonds. The van der Waals surface area contributed by atoms with Gasteiger partial charge in [0.15, 0.2) is 0 Å². The fourth-order valence-corrected chi connectivity index (χ4v) is 3.61. The molecule has 0 radical (unpaired) electrons. The van der Waals surface area contributed by atoms with Crippen molar-refractivity contribution in [3.05, 3.63) is 23.8 Å². The lowest BCUT2D eigenvalue weighted by Gasteiger charge is -2.35. The van der Waals surface area contributed by atoms with E-state index in [0.717, 1.165) is 12.8 Å². The van der Waals surface area contributed by atoms with Gasteiger partial charge in [-0.2, -0.15) is 11.8 Å². The molecule has 4 nitrogen and oxygen atoms in total. The molecule has 1 fully saturated rings. The second-order valence-corrected chi connectivity index (χ2v) is 6.61. The zero-order valence-corrected chi connectivity index (χ0v) is 12.5. The summed E-state index contributed by atoms with van der Waals surface area (Å²) in [4.78, 5) is 12.1. The maximum absolute atomic E-state index is 12.1. The van der Waals surface area contributed by atoms with Crippen LogP contribution in [0, 0.1) is 0 Å². The number of carbonyl (C=O) groups is 1. The lowest BCUT2D eigenvalue weighted by molar-refractivity contribution is 0.0944. The normalized spacial score (nSPS) is 17.6. The van der Waals surface area contributed by atoms with Crippen molar-refractivity contribution in [3.8, 4) is 11.5 Å². The highest BCUT2D eigenvalue weighted by Gasteiger charge is 2.31. The topological polar surface area (TPSA) is 69.6 Å². The first-order chi connectivity index (χ1) is 9.56. The first-order valence-electron chi connectivity index (χ1n) is 6.92. The van der Waals surface area contributed by atoms with E-state index >= 15 is 0 Å². The van der Waals surface area contributed by atoms with Crippen LogP contribution in [0.5, 0.6) is 11.5 Å². The van der Waals surface area contributed by atoms with Crippen LogP contribution < -0.4 is 5.32 Å². The molecule has 3 N–H and O–H groups in total. The average molecular weight is 295 g/mol. The fraction of sp³-hybridized carbons (Fsp3) is 0.533. The van der Waals surface area contributed by atoms with Crippen molar-refractivity contribution < 1.29 is 15.0 Å². The lowest BCUT2D eigenvalue weighted by Crippen LogP contribution is -2.41. The van der Waals surface area contributed by atoms with Crippen LogP contribution >= 0.6 is 11.8 Å². The Hall–Kier alpha value is -1.36. The number of phenolic OH excluding ortho intramolecular Hbond substituents is 2. The van der Waals surface area contributed by atoms with Gasteiger partial charge in [0.2, 0.25) is 0 Å². The largest absolute Gasteiger partial charge is 0.508 e. The molecule has 5 heteroatoms. The molecule has 2 rings (SSSR count). The minimum atomic E-state index is -0.336. The summed E-state index contributed by atoms with van der Waals surface area (Å²) >= 11 is 1.81. The predicted octanol–water partition coefficient (Wildman–Crippen LogP) is 2.89. The summed E-state index contributed by atoms with van der Waals surface area (Å²) in [7, 11) is 0. The zero-order chi connectivity index (χ0) is 14.6. The van der Waals surface area contributed by atoms with E-state index in [0.29, 0.717) is 6.54 Å². The van der Waals surface area contributed by atoms with Crippen molar-refractivity contribution in [3.63, 3.8) is 0 Å². The van der Waals surface area contributed by atoms with Gasteiger partial charge in [0.1, 0.15) is 11.5 Å². The van der Waals surface area contributed by atoms with Crippen molar-refractivity contribution in [1.82, 2.24) is 5.32 Å². The summed E-state index contributed by atoms with van der Waals surface area (Å²) in [6.07, 6.45) is 7.98. The Morgan fingerprint density at radius 2 is 2.00 bits per heavy atom. The predicted molar refractivity (Wildman–Crippen MR) is 81.4 cm³/mol. The van der Waals surface area contributed by atoms with Crippen molar-refractivity contribution in [1.29, 1.82) is 0 Å². The summed E-state index contributed by atoms with van der Waals surface area (Å²) in [5, 5.41) is 22.0. The number of rotatable bonds is 4. The monoisotopic (exact) mass is 295 g/mol. The highest BCUT2D eigenvalue weighted by Crippen LogP contribution is 2.38. The summed E-state index contributed by atoms with van der Waals surface area (Å²) in [6, 6.07) is 3.98. The van der Waals surface area contributed by atoms with Gasteiger partial charge in [-0.15, -0.1) is 0 Å². The Morgan fingerprint density at radius 1 is 1.30 bits per heavy atom. The van der Waals surface area contributed by atoms with Crippen LogP contribution in [0.1, 0.15) is 42.5 Å². The molecule has 0 heterocycles. The van der Waals surface area contributed by atoms with Crippen molar-refractivity contribution in [2.24, 2.45) is 0 Å². The maximum atomic E-state index is 12.1. The van der Waals surface area contributed by atoms with Gasteiger partial charge in [-0.3, -0.25) is 4.79 Å². The van der Waals surface area contributed by atoms with Crippen LogP contribution in [-0.4, -0.2) is 33.7 Å². The summed E-state index contributed by atoms with van der Waals surface area (Å²) in [5.74, 6) is -0.468. The quantitative estimate of drug-likeness (QED) is 0.747. The van der Waals surface area contributed by atoms with E-state index in [1.54, 1.807) is 0 Å². The van der Waals surface area contributed by atoms with E-state index in [-0.39, 0.29) is 27.7 Å². The van der Waals surface area contributed by atoms with E-state index in [9.17, 15) is 15.0 Å². The molecule has 0 bridgehead atoms. The van der Waals surface area contributed by atoms with Crippen molar-refractivity contribution in [2.75, 3.05) is 12.8 Å². The van der Waals surface area contributed by atoms with Crippen molar-refractivity contribution >= 4 is 17.7 Å². The van der Waals surface area contributed by atoms with Gasteiger partial charge < -0.3 is 15.5 Å². The smallest absolute Gasteiger partial charge is 0.255 e. The molecule has 1 aliphatic carbocycles. The molecule has 0 saturated heterocycles. The van der Waals surface area contributed by atoms with Gasteiger partial charge in [-0.25, -0.2) is 0 Å². The molecule has 110 valence electrons. The number of amides is 1. The molecule has 0 spiro atoms. The van der Waals surface area contributed by atoms with E-state index in [1.807, 2.05) is 11.8 Å². The number of nitrogens with one attached hydrogen (secondary N) is 1. The highest BCUT2D eigenvalue weighted by atomic mass is 32.2. The standard InChI is InChI=1S/C15H21NO3S/c1-20-15(7-3-2-4-8-15)10-16-14(19)12-9-11(17)5-6-13(12)18/h5-6,9,17-18H,2-4,7-8,10H2,1H3,(H,16,19). The third kappa shape index (κ3) is 3.39. The molecule has 1 aromatic carbocycles. The lowest BCUT2D eigenvalue weighted by atomic mass is 9.88. The SMILES string of the molecule is CSC1(CNC(=O)c2cc(O)ccc2O)CCCCC1. The molecular weight excluding hydrogens is 274 g/mol. The molecule has 20 heavy (non-hydrogen) atoms. The first kappa shape index (κ1) is 15.0. The Labute approximate surface area is 123 Å². The van der Waals surface area contributed by atoms with Crippen LogP contribution in [0.2, 0.25) is 0 Å². The van der Waals surface area contributed by atoms with Gasteiger partial charge in [-0.1, -0.05) is 19.3 Å². The van der Waals surface area contributed by atoms with Crippen LogP contribution in [-0.2, 0) is 0 Å². The molecule has 0 atom stereocenters. The second kappa shape index (κ2) is 6.39. The third-order valence-electron chi connectivity index (χ3n) is 3.99. The number of hydrogen-bond donors (Lipinski definition) is 3. The number of thioether (sulfide) groups is 1. The molecular formula is C15H21NO3S. The number of carbonyl (C=O) groups excluding carboxylic acids is 1. The number of benzene rings is 1. The Balaban J connectivity index is 2.02. The molecule has 0 aliphatic heterocycles. The zero-order valence-electron chi connectivity index (χ0n) is 11.7. The molecule has 1 aromatic rings. The van der Waals surface area contributed by atoms with E-state index in [1.165, 1.54) is 37.5 Å². The molecule has 1 saturated carbocycles. The molecule has 0 aromatic heterocycles. The van der Waals surface area contributed by atoms with Crippen LogP contribution in [0.4, 0.5) is 0 Å². The number of phenols is 2. The number of aromatic hydroxyl groups is 2. The minimum absolute atomic E-state index is 0.0230. The van der Waals surface area contributed by atoms with Gasteiger partial charge in [0, 0.05) is 11.3 Å².